The summed E-state index contributed by atoms with van der Waals surface area (Å²) in [5, 5.41) is 10.5. The van der Waals surface area contributed by atoms with Crippen LogP contribution >= 0.6 is 11.3 Å². The molecule has 0 unspecified atom stereocenters. The van der Waals surface area contributed by atoms with Gasteiger partial charge in [0, 0.05) is 6.20 Å². The zero-order valence-electron chi connectivity index (χ0n) is 12.9. The molecule has 1 aliphatic carbocycles. The summed E-state index contributed by atoms with van der Waals surface area (Å²) in [5.41, 5.74) is 0.0875. The predicted molar refractivity (Wildman–Crippen MR) is 90.8 cm³/mol. The molecule has 1 fully saturated rings. The number of pyridine rings is 1. The van der Waals surface area contributed by atoms with Gasteiger partial charge in [0.15, 0.2) is 10.6 Å². The number of hydrogen-bond donors (Lipinski definition) is 1. The summed E-state index contributed by atoms with van der Waals surface area (Å²) in [4.78, 5) is 29.7. The Hall–Kier alpha value is -2.41. The lowest BCUT2D eigenvalue weighted by Gasteiger charge is -2.21. The summed E-state index contributed by atoms with van der Waals surface area (Å²) in [6.07, 6.45) is 6.43. The molecule has 0 aromatic carbocycles. The van der Waals surface area contributed by atoms with E-state index < -0.39 is 5.97 Å². The number of rotatable bonds is 2. The van der Waals surface area contributed by atoms with E-state index in [1.54, 1.807) is 24.4 Å². The molecular formula is C17H16N2O4S. The zero-order valence-corrected chi connectivity index (χ0v) is 13.7. The van der Waals surface area contributed by atoms with E-state index in [4.69, 9.17) is 4.74 Å². The third-order valence-corrected chi connectivity index (χ3v) is 5.42. The SMILES string of the molecule is O=C(OC1CCCCC1)c1sc2nc3ccccn3c(=O)c2c1O. The molecule has 1 N–H and O–H groups in total. The van der Waals surface area contributed by atoms with Crippen LogP contribution in [-0.4, -0.2) is 26.6 Å². The molecule has 3 heterocycles. The lowest BCUT2D eigenvalue weighted by molar-refractivity contribution is 0.0214. The van der Waals surface area contributed by atoms with Gasteiger partial charge in [-0.3, -0.25) is 9.20 Å². The number of aromatic hydroxyl groups is 1. The van der Waals surface area contributed by atoms with E-state index in [0.29, 0.717) is 10.5 Å². The molecule has 1 aliphatic rings. The molecule has 6 nitrogen and oxygen atoms in total. The summed E-state index contributed by atoms with van der Waals surface area (Å²) in [6, 6.07) is 5.19. The van der Waals surface area contributed by atoms with Gasteiger partial charge < -0.3 is 9.84 Å². The van der Waals surface area contributed by atoms with E-state index in [0.717, 1.165) is 43.4 Å². The van der Waals surface area contributed by atoms with E-state index in [2.05, 4.69) is 4.98 Å². The maximum absolute atomic E-state index is 12.6. The van der Waals surface area contributed by atoms with Crippen molar-refractivity contribution < 1.29 is 14.6 Å². The molecular weight excluding hydrogens is 328 g/mol. The van der Waals surface area contributed by atoms with Gasteiger partial charge >= 0.3 is 5.97 Å². The van der Waals surface area contributed by atoms with Gasteiger partial charge in [-0.1, -0.05) is 12.5 Å². The highest BCUT2D eigenvalue weighted by Crippen LogP contribution is 2.35. The second-order valence-electron chi connectivity index (χ2n) is 5.97. The number of thiophene rings is 1. The minimum atomic E-state index is -0.573. The van der Waals surface area contributed by atoms with Gasteiger partial charge in [-0.05, 0) is 37.8 Å². The Morgan fingerprint density at radius 2 is 2.08 bits per heavy atom. The van der Waals surface area contributed by atoms with Crippen molar-refractivity contribution in [2.45, 2.75) is 38.2 Å². The lowest BCUT2D eigenvalue weighted by atomic mass is 9.98. The minimum Gasteiger partial charge on any atom is -0.505 e. The standard InChI is InChI=1S/C17H16N2O4S/c20-13-12-15(18-11-8-4-5-9-19(11)16(12)21)24-14(13)17(22)23-10-6-2-1-3-7-10/h4-5,8-10,20H,1-3,6-7H2. The van der Waals surface area contributed by atoms with Crippen molar-refractivity contribution >= 4 is 33.2 Å². The van der Waals surface area contributed by atoms with E-state index >= 15 is 0 Å². The van der Waals surface area contributed by atoms with Crippen LogP contribution in [0.4, 0.5) is 0 Å². The molecule has 0 aliphatic heterocycles. The van der Waals surface area contributed by atoms with Crippen LogP contribution in [-0.2, 0) is 4.74 Å². The molecule has 0 bridgehead atoms. The molecule has 3 aromatic heterocycles. The van der Waals surface area contributed by atoms with Crippen LogP contribution < -0.4 is 5.56 Å². The fraction of sp³-hybridized carbons (Fsp3) is 0.353. The van der Waals surface area contributed by atoms with Crippen molar-refractivity contribution in [1.29, 1.82) is 0 Å². The number of aromatic nitrogens is 2. The van der Waals surface area contributed by atoms with Crippen molar-refractivity contribution in [3.05, 3.63) is 39.6 Å². The molecule has 24 heavy (non-hydrogen) atoms. The van der Waals surface area contributed by atoms with Gasteiger partial charge in [0.25, 0.3) is 5.56 Å². The van der Waals surface area contributed by atoms with Gasteiger partial charge in [0.05, 0.1) is 0 Å². The highest BCUT2D eigenvalue weighted by molar-refractivity contribution is 7.20. The number of hydrogen-bond acceptors (Lipinski definition) is 6. The second-order valence-corrected chi connectivity index (χ2v) is 6.97. The summed E-state index contributed by atoms with van der Waals surface area (Å²) >= 11 is 1.00. The molecule has 0 radical (unpaired) electrons. The van der Waals surface area contributed by atoms with Crippen LogP contribution in [0.25, 0.3) is 15.9 Å². The summed E-state index contributed by atoms with van der Waals surface area (Å²) in [7, 11) is 0. The maximum Gasteiger partial charge on any atom is 0.352 e. The van der Waals surface area contributed by atoms with Gasteiger partial charge in [0.1, 0.15) is 22.0 Å². The largest absolute Gasteiger partial charge is 0.505 e. The molecule has 0 atom stereocenters. The van der Waals surface area contributed by atoms with Gasteiger partial charge in [0.2, 0.25) is 0 Å². The van der Waals surface area contributed by atoms with Crippen LogP contribution in [0, 0.1) is 0 Å². The highest BCUT2D eigenvalue weighted by atomic mass is 32.1. The Kier molecular flexibility index (Phi) is 3.72. The molecule has 0 spiro atoms. The average molecular weight is 344 g/mol. The number of fused-ring (bicyclic) bond motifs is 2. The number of carbonyl (C=O) groups is 1. The Morgan fingerprint density at radius 3 is 2.88 bits per heavy atom. The molecule has 3 aromatic rings. The van der Waals surface area contributed by atoms with E-state index in [1.165, 1.54) is 4.40 Å². The average Bonchev–Trinajstić information content (AvgIpc) is 2.93. The van der Waals surface area contributed by atoms with Crippen molar-refractivity contribution in [2.24, 2.45) is 0 Å². The number of ether oxygens (including phenoxy) is 1. The Balaban J connectivity index is 1.77. The number of nitrogens with zero attached hydrogens (tertiary/aromatic N) is 2. The van der Waals surface area contributed by atoms with E-state index in [-0.39, 0.29) is 27.7 Å². The molecule has 1 saturated carbocycles. The highest BCUT2D eigenvalue weighted by Gasteiger charge is 2.26. The first-order valence-corrected chi connectivity index (χ1v) is 8.80. The maximum atomic E-state index is 12.6. The molecule has 7 heteroatoms. The zero-order chi connectivity index (χ0) is 16.7. The fourth-order valence-corrected chi connectivity index (χ4v) is 4.08. The number of carbonyl (C=O) groups excluding carboxylic acids is 1. The van der Waals surface area contributed by atoms with E-state index in [1.807, 2.05) is 0 Å². The van der Waals surface area contributed by atoms with Crippen LogP contribution in [0.3, 0.4) is 0 Å². The van der Waals surface area contributed by atoms with Crippen molar-refractivity contribution in [2.75, 3.05) is 0 Å². The molecule has 0 amide bonds. The van der Waals surface area contributed by atoms with Gasteiger partial charge in [-0.2, -0.15) is 0 Å². The topological polar surface area (TPSA) is 80.9 Å². The predicted octanol–water partition coefficient (Wildman–Crippen LogP) is 3.10. The van der Waals surface area contributed by atoms with Crippen molar-refractivity contribution in [3.63, 3.8) is 0 Å². The van der Waals surface area contributed by atoms with Crippen LogP contribution in [0.2, 0.25) is 0 Å². The van der Waals surface area contributed by atoms with Crippen LogP contribution in [0.5, 0.6) is 5.75 Å². The second kappa shape index (κ2) is 5.90. The summed E-state index contributed by atoms with van der Waals surface area (Å²) < 4.78 is 6.85. The van der Waals surface area contributed by atoms with Crippen molar-refractivity contribution in [3.8, 4) is 5.75 Å². The van der Waals surface area contributed by atoms with E-state index in [9.17, 15) is 14.7 Å². The first-order valence-electron chi connectivity index (χ1n) is 7.99. The number of esters is 1. The normalized spacial score (nSPS) is 15.8. The fourth-order valence-electron chi connectivity index (χ4n) is 3.13. The summed E-state index contributed by atoms with van der Waals surface area (Å²) in [6.45, 7) is 0. The minimum absolute atomic E-state index is 0.0519. The van der Waals surface area contributed by atoms with Crippen LogP contribution in [0.15, 0.2) is 29.2 Å². The first kappa shape index (κ1) is 15.1. The van der Waals surface area contributed by atoms with Gasteiger partial charge in [-0.25, -0.2) is 9.78 Å². The monoisotopic (exact) mass is 344 g/mol. The third-order valence-electron chi connectivity index (χ3n) is 4.36. The Morgan fingerprint density at radius 1 is 1.29 bits per heavy atom. The molecule has 124 valence electrons. The lowest BCUT2D eigenvalue weighted by Crippen LogP contribution is -2.20. The molecule has 4 rings (SSSR count). The molecule has 0 saturated heterocycles. The Labute approximate surface area is 141 Å². The smallest absolute Gasteiger partial charge is 0.352 e. The quantitative estimate of drug-likeness (QED) is 0.723. The van der Waals surface area contributed by atoms with Crippen molar-refractivity contribution in [1.82, 2.24) is 9.38 Å². The summed E-state index contributed by atoms with van der Waals surface area (Å²) in [5.74, 6) is -0.901. The first-order chi connectivity index (χ1) is 11.6. The van der Waals surface area contributed by atoms with Gasteiger partial charge in [-0.15, -0.1) is 11.3 Å². The third kappa shape index (κ3) is 2.45. The van der Waals surface area contributed by atoms with Crippen LogP contribution in [0.1, 0.15) is 41.8 Å². The Bertz CT molecular complexity index is 985.